The predicted octanol–water partition coefficient (Wildman–Crippen LogP) is 2.95. The third-order valence-electron chi connectivity index (χ3n) is 4.64. The molecule has 0 saturated carbocycles. The second-order valence-corrected chi connectivity index (χ2v) is 8.27. The summed E-state index contributed by atoms with van der Waals surface area (Å²) >= 11 is 7.09. The Kier molecular flexibility index (Phi) is 5.25. The molecule has 1 aromatic heterocycles. The van der Waals surface area contributed by atoms with E-state index in [1.54, 1.807) is 29.0 Å². The Morgan fingerprint density at radius 2 is 2.07 bits per heavy atom. The zero-order valence-corrected chi connectivity index (χ0v) is 16.7. The van der Waals surface area contributed by atoms with Gasteiger partial charge >= 0.3 is 6.03 Å². The Bertz CT molecular complexity index is 928. The van der Waals surface area contributed by atoms with Gasteiger partial charge in [-0.3, -0.25) is 20.0 Å². The standard InChI is InChI=1S/C19H19ClN4O3S/c1-23-8-9-24(19(23)26)13-4-2-12(3-5-13)15-10-14(27-22-15)11-21-18(25)16-6-7-17(20)28-16/h2-7,10,14,22H,8-9,11H2,1H3,(H,21,25). The zero-order chi connectivity index (χ0) is 19.7. The highest BCUT2D eigenvalue weighted by atomic mass is 35.5. The number of likely N-dealkylation sites (N-methyl/N-ethyl adjacent to an activating group) is 1. The molecule has 0 radical (unpaired) electrons. The molecule has 28 heavy (non-hydrogen) atoms. The number of hydrogen-bond acceptors (Lipinski definition) is 5. The topological polar surface area (TPSA) is 73.9 Å². The summed E-state index contributed by atoms with van der Waals surface area (Å²) in [5.41, 5.74) is 5.54. The van der Waals surface area contributed by atoms with Gasteiger partial charge in [-0.1, -0.05) is 23.7 Å². The molecule has 2 aliphatic heterocycles. The molecule has 9 heteroatoms. The Labute approximate surface area is 171 Å². The van der Waals surface area contributed by atoms with Crippen LogP contribution in [0, 0.1) is 0 Å². The number of nitrogens with one attached hydrogen (secondary N) is 2. The van der Waals surface area contributed by atoms with Crippen LogP contribution in [0.2, 0.25) is 4.34 Å². The predicted molar refractivity (Wildman–Crippen MR) is 109 cm³/mol. The van der Waals surface area contributed by atoms with Gasteiger partial charge in [0.1, 0.15) is 6.10 Å². The maximum atomic E-state index is 12.1. The van der Waals surface area contributed by atoms with Crippen molar-refractivity contribution in [2.24, 2.45) is 0 Å². The number of hydrogen-bond donors (Lipinski definition) is 2. The van der Waals surface area contributed by atoms with Crippen LogP contribution in [0.1, 0.15) is 15.2 Å². The van der Waals surface area contributed by atoms with Crippen molar-refractivity contribution in [2.75, 3.05) is 31.6 Å². The van der Waals surface area contributed by atoms with E-state index in [1.807, 2.05) is 30.3 Å². The minimum absolute atomic E-state index is 0.0112. The van der Waals surface area contributed by atoms with Crippen molar-refractivity contribution in [1.29, 1.82) is 0 Å². The van der Waals surface area contributed by atoms with E-state index in [9.17, 15) is 9.59 Å². The molecule has 1 atom stereocenters. The average Bonchev–Trinajstić information content (AvgIpc) is 3.42. The number of amides is 3. The molecule has 1 saturated heterocycles. The smallest absolute Gasteiger partial charge is 0.324 e. The van der Waals surface area contributed by atoms with Crippen LogP contribution in [-0.2, 0) is 4.84 Å². The van der Waals surface area contributed by atoms with E-state index in [4.69, 9.17) is 16.4 Å². The molecule has 4 rings (SSSR count). The summed E-state index contributed by atoms with van der Waals surface area (Å²) in [6.07, 6.45) is 1.65. The van der Waals surface area contributed by atoms with Crippen molar-refractivity contribution in [3.63, 3.8) is 0 Å². The molecule has 1 unspecified atom stereocenters. The number of nitrogens with zero attached hydrogens (tertiary/aromatic N) is 2. The Balaban J connectivity index is 1.36. The van der Waals surface area contributed by atoms with Crippen molar-refractivity contribution in [2.45, 2.75) is 6.10 Å². The summed E-state index contributed by atoms with van der Waals surface area (Å²) in [7, 11) is 1.80. The Morgan fingerprint density at radius 1 is 1.29 bits per heavy atom. The fourth-order valence-electron chi connectivity index (χ4n) is 3.07. The summed E-state index contributed by atoms with van der Waals surface area (Å²) in [5, 5.41) is 2.84. The lowest BCUT2D eigenvalue weighted by Gasteiger charge is -2.16. The van der Waals surface area contributed by atoms with Gasteiger partial charge in [0.15, 0.2) is 0 Å². The van der Waals surface area contributed by atoms with E-state index in [0.717, 1.165) is 23.5 Å². The van der Waals surface area contributed by atoms with E-state index in [1.165, 1.54) is 11.3 Å². The molecule has 1 aromatic carbocycles. The number of carbonyl (C=O) groups is 2. The normalized spacial score (nSPS) is 19.0. The lowest BCUT2D eigenvalue weighted by atomic mass is 10.1. The summed E-state index contributed by atoms with van der Waals surface area (Å²) in [6.45, 7) is 1.76. The van der Waals surface area contributed by atoms with E-state index >= 15 is 0 Å². The molecule has 7 nitrogen and oxygen atoms in total. The molecule has 3 amide bonds. The Morgan fingerprint density at radius 3 is 2.71 bits per heavy atom. The van der Waals surface area contributed by atoms with Gasteiger partial charge in [-0.15, -0.1) is 11.3 Å². The van der Waals surface area contributed by atoms with Crippen LogP contribution in [0.25, 0.3) is 5.70 Å². The monoisotopic (exact) mass is 418 g/mol. The number of thiophene rings is 1. The van der Waals surface area contributed by atoms with Crippen LogP contribution < -0.4 is 15.7 Å². The van der Waals surface area contributed by atoms with Gasteiger partial charge in [-0.25, -0.2) is 4.79 Å². The number of halogens is 1. The SMILES string of the molecule is CN1CCN(c2ccc(C3=CC(CNC(=O)c4ccc(Cl)s4)ON3)cc2)C1=O. The second-order valence-electron chi connectivity index (χ2n) is 6.56. The van der Waals surface area contributed by atoms with Crippen molar-refractivity contribution < 1.29 is 14.4 Å². The molecule has 0 bridgehead atoms. The number of hydroxylamine groups is 1. The van der Waals surface area contributed by atoms with Crippen molar-refractivity contribution >= 4 is 46.3 Å². The van der Waals surface area contributed by atoms with Crippen molar-refractivity contribution in [1.82, 2.24) is 15.7 Å². The molecule has 0 spiro atoms. The summed E-state index contributed by atoms with van der Waals surface area (Å²) in [6, 6.07) is 11.1. The zero-order valence-electron chi connectivity index (χ0n) is 15.1. The molecule has 2 aliphatic rings. The number of rotatable bonds is 5. The van der Waals surface area contributed by atoms with Gasteiger partial charge in [0.05, 0.1) is 21.5 Å². The maximum absolute atomic E-state index is 12.1. The average molecular weight is 419 g/mol. The molecule has 2 N–H and O–H groups in total. The molecule has 146 valence electrons. The minimum Gasteiger partial charge on any atom is -0.348 e. The highest BCUT2D eigenvalue weighted by Crippen LogP contribution is 2.24. The number of benzene rings is 1. The van der Waals surface area contributed by atoms with Gasteiger partial charge in [0.25, 0.3) is 5.91 Å². The van der Waals surface area contributed by atoms with Gasteiger partial charge in [-0.2, -0.15) is 0 Å². The van der Waals surface area contributed by atoms with Crippen LogP contribution in [0.15, 0.2) is 42.5 Å². The quantitative estimate of drug-likeness (QED) is 0.783. The first-order valence-corrected chi connectivity index (χ1v) is 10.0. The first-order valence-electron chi connectivity index (χ1n) is 8.81. The second kappa shape index (κ2) is 7.83. The van der Waals surface area contributed by atoms with Gasteiger partial charge < -0.3 is 10.2 Å². The van der Waals surface area contributed by atoms with Crippen LogP contribution in [0.4, 0.5) is 10.5 Å². The highest BCUT2D eigenvalue weighted by molar-refractivity contribution is 7.17. The van der Waals surface area contributed by atoms with E-state index < -0.39 is 0 Å². The minimum atomic E-state index is -0.275. The van der Waals surface area contributed by atoms with Crippen LogP contribution in [0.3, 0.4) is 0 Å². The summed E-state index contributed by atoms with van der Waals surface area (Å²) in [5.74, 6) is -0.174. The molecular formula is C19H19ClN4O3S. The van der Waals surface area contributed by atoms with Crippen LogP contribution in [0.5, 0.6) is 0 Å². The van der Waals surface area contributed by atoms with Gasteiger partial charge in [0.2, 0.25) is 0 Å². The van der Waals surface area contributed by atoms with Crippen LogP contribution in [-0.4, -0.2) is 49.6 Å². The van der Waals surface area contributed by atoms with Crippen molar-refractivity contribution in [3.8, 4) is 0 Å². The van der Waals surface area contributed by atoms with E-state index in [2.05, 4.69) is 10.8 Å². The van der Waals surface area contributed by atoms with Crippen molar-refractivity contribution in [3.05, 3.63) is 57.3 Å². The van der Waals surface area contributed by atoms with E-state index in [-0.39, 0.29) is 18.0 Å². The molecular weight excluding hydrogens is 400 g/mol. The molecule has 3 heterocycles. The maximum Gasteiger partial charge on any atom is 0.324 e. The van der Waals surface area contributed by atoms with Crippen LogP contribution >= 0.6 is 22.9 Å². The molecule has 2 aromatic rings. The fraction of sp³-hybridized carbons (Fsp3) is 0.263. The lowest BCUT2D eigenvalue weighted by Crippen LogP contribution is -2.31. The summed E-state index contributed by atoms with van der Waals surface area (Å²) in [4.78, 5) is 33.7. The van der Waals surface area contributed by atoms with E-state index in [0.29, 0.717) is 22.3 Å². The number of urea groups is 1. The van der Waals surface area contributed by atoms with Gasteiger partial charge in [-0.05, 0) is 35.9 Å². The third kappa shape index (κ3) is 3.84. The van der Waals surface area contributed by atoms with Gasteiger partial charge in [0, 0.05) is 25.8 Å². The first kappa shape index (κ1) is 18.8. The number of carbonyl (C=O) groups excluding carboxylic acids is 2. The Hall–Kier alpha value is -2.55. The first-order chi connectivity index (χ1) is 13.5. The largest absolute Gasteiger partial charge is 0.348 e. The lowest BCUT2D eigenvalue weighted by molar-refractivity contribution is 0.0499. The third-order valence-corrected chi connectivity index (χ3v) is 5.87. The molecule has 1 fully saturated rings. The molecule has 0 aliphatic carbocycles. The number of anilines is 1. The summed E-state index contributed by atoms with van der Waals surface area (Å²) < 4.78 is 0.580. The highest BCUT2D eigenvalue weighted by Gasteiger charge is 2.26. The fourth-order valence-corrected chi connectivity index (χ4v) is 4.03.